The van der Waals surface area contributed by atoms with Crippen LogP contribution in [-0.2, 0) is 9.53 Å². The maximum absolute atomic E-state index is 13.6. The Morgan fingerprint density at radius 1 is 1.32 bits per heavy atom. The van der Waals surface area contributed by atoms with E-state index in [2.05, 4.69) is 0 Å². The summed E-state index contributed by atoms with van der Waals surface area (Å²) in [7, 11) is 1.43. The zero-order valence-corrected chi connectivity index (χ0v) is 13.4. The van der Waals surface area contributed by atoms with Crippen LogP contribution in [0, 0.1) is 0 Å². The van der Waals surface area contributed by atoms with Crippen LogP contribution in [0.5, 0.6) is 0 Å². The van der Waals surface area contributed by atoms with Gasteiger partial charge in [-0.15, -0.1) is 0 Å². The van der Waals surface area contributed by atoms with Gasteiger partial charge in [0, 0.05) is 19.3 Å². The zero-order valence-electron chi connectivity index (χ0n) is 13.4. The SMILES string of the molecule is CN(C(=O)CN1CC2(F)C1C2(F)F)C1CN(c2ccccc2)C(=O)O1. The van der Waals surface area contributed by atoms with Crippen LogP contribution in [0.15, 0.2) is 30.3 Å². The number of rotatable bonds is 4. The third-order valence-electron chi connectivity index (χ3n) is 5.07. The number of benzene rings is 1. The van der Waals surface area contributed by atoms with E-state index < -0.39 is 42.4 Å². The highest BCUT2D eigenvalue weighted by Crippen LogP contribution is 2.65. The summed E-state index contributed by atoms with van der Waals surface area (Å²) >= 11 is 0. The number of nitrogens with zero attached hydrogens (tertiary/aromatic N) is 3. The molecule has 0 bridgehead atoms. The minimum Gasteiger partial charge on any atom is -0.423 e. The molecule has 1 aromatic carbocycles. The van der Waals surface area contributed by atoms with E-state index in [1.807, 2.05) is 6.07 Å². The standard InChI is InChI=1S/C16H16F3N3O3/c1-20(11(23)7-21-9-15(17)13(21)16(15,18)19)12-8-22(14(24)25-12)10-5-3-2-4-6-10/h2-6,12-13H,7-9H2,1H3. The summed E-state index contributed by atoms with van der Waals surface area (Å²) in [4.78, 5) is 28.0. The average Bonchev–Trinajstić information content (AvgIpc) is 2.83. The molecule has 1 aliphatic carbocycles. The van der Waals surface area contributed by atoms with Gasteiger partial charge in [0.1, 0.15) is 6.04 Å². The van der Waals surface area contributed by atoms with Gasteiger partial charge in [0.2, 0.25) is 11.6 Å². The van der Waals surface area contributed by atoms with Gasteiger partial charge in [0.15, 0.2) is 6.23 Å². The molecule has 4 rings (SSSR count). The molecule has 9 heteroatoms. The van der Waals surface area contributed by atoms with Crippen LogP contribution in [0.3, 0.4) is 0 Å². The van der Waals surface area contributed by atoms with Gasteiger partial charge in [0.05, 0.1) is 13.1 Å². The number of ether oxygens (including phenoxy) is 1. The lowest BCUT2D eigenvalue weighted by atomic mass is 10.2. The molecule has 0 aromatic heterocycles. The Balaban J connectivity index is 1.36. The Hall–Kier alpha value is -2.29. The molecule has 3 unspecified atom stereocenters. The molecule has 3 fully saturated rings. The Kier molecular flexibility index (Phi) is 3.31. The highest BCUT2D eigenvalue weighted by Gasteiger charge is 2.91. The number of fused-ring (bicyclic) bond motifs is 1. The molecule has 0 radical (unpaired) electrons. The first-order chi connectivity index (χ1) is 11.8. The Morgan fingerprint density at radius 2 is 2.00 bits per heavy atom. The topological polar surface area (TPSA) is 53.1 Å². The second-order valence-electron chi connectivity index (χ2n) is 6.58. The van der Waals surface area contributed by atoms with Gasteiger partial charge in [-0.2, -0.15) is 0 Å². The Morgan fingerprint density at radius 3 is 2.56 bits per heavy atom. The fraction of sp³-hybridized carbons (Fsp3) is 0.500. The number of amides is 2. The number of hydrogen-bond acceptors (Lipinski definition) is 4. The molecule has 0 N–H and O–H groups in total. The number of halogens is 3. The third-order valence-corrected chi connectivity index (χ3v) is 5.07. The van der Waals surface area contributed by atoms with E-state index in [0.717, 1.165) is 4.90 Å². The second-order valence-corrected chi connectivity index (χ2v) is 6.58. The summed E-state index contributed by atoms with van der Waals surface area (Å²) in [6, 6.07) is 7.32. The summed E-state index contributed by atoms with van der Waals surface area (Å²) in [5, 5.41) is 0. The smallest absolute Gasteiger partial charge is 0.416 e. The van der Waals surface area contributed by atoms with E-state index >= 15 is 0 Å². The van der Waals surface area contributed by atoms with Crippen LogP contribution < -0.4 is 4.90 Å². The number of carbonyl (C=O) groups excluding carboxylic acids is 2. The molecule has 1 aromatic rings. The van der Waals surface area contributed by atoms with Crippen LogP contribution >= 0.6 is 0 Å². The molecule has 0 spiro atoms. The normalized spacial score (nSPS) is 32.6. The lowest BCUT2D eigenvalue weighted by Crippen LogP contribution is -2.53. The molecule has 3 atom stereocenters. The van der Waals surface area contributed by atoms with Gasteiger partial charge in [-0.05, 0) is 12.1 Å². The van der Waals surface area contributed by atoms with Gasteiger partial charge in [0.25, 0.3) is 0 Å². The summed E-state index contributed by atoms with van der Waals surface area (Å²) in [6.45, 7) is -0.648. The fourth-order valence-electron chi connectivity index (χ4n) is 3.45. The van der Waals surface area contributed by atoms with Crippen molar-refractivity contribution in [3.8, 4) is 0 Å². The summed E-state index contributed by atoms with van der Waals surface area (Å²) < 4.78 is 45.2. The number of para-hydroxylation sites is 1. The van der Waals surface area contributed by atoms with E-state index in [1.54, 1.807) is 24.3 Å². The number of likely N-dealkylation sites (N-methyl/N-ethyl adjacent to an activating group) is 1. The maximum atomic E-state index is 13.6. The van der Waals surface area contributed by atoms with Crippen molar-refractivity contribution in [3.63, 3.8) is 0 Å². The van der Waals surface area contributed by atoms with Crippen LogP contribution in [0.25, 0.3) is 0 Å². The first-order valence-electron chi connectivity index (χ1n) is 7.85. The molecular formula is C16H16F3N3O3. The number of alkyl halides is 3. The highest BCUT2D eigenvalue weighted by atomic mass is 19.3. The van der Waals surface area contributed by atoms with Crippen molar-refractivity contribution in [2.75, 3.05) is 31.6 Å². The molecule has 3 aliphatic rings. The zero-order chi connectivity index (χ0) is 18.0. The van der Waals surface area contributed by atoms with Crippen LogP contribution in [0.4, 0.5) is 23.7 Å². The van der Waals surface area contributed by atoms with E-state index in [-0.39, 0.29) is 13.1 Å². The fourth-order valence-corrected chi connectivity index (χ4v) is 3.45. The quantitative estimate of drug-likeness (QED) is 0.821. The van der Waals surface area contributed by atoms with E-state index in [9.17, 15) is 22.8 Å². The largest absolute Gasteiger partial charge is 0.423 e. The average molecular weight is 355 g/mol. The number of cyclic esters (lactones) is 1. The highest BCUT2D eigenvalue weighted by molar-refractivity contribution is 5.90. The molecule has 134 valence electrons. The molecule has 2 saturated heterocycles. The molecule has 2 heterocycles. The molecule has 6 nitrogen and oxygen atoms in total. The van der Waals surface area contributed by atoms with Gasteiger partial charge < -0.3 is 9.64 Å². The lowest BCUT2D eigenvalue weighted by molar-refractivity contribution is -0.139. The van der Waals surface area contributed by atoms with Crippen molar-refractivity contribution in [1.29, 1.82) is 0 Å². The molecule has 2 amide bonds. The third kappa shape index (κ3) is 2.21. The summed E-state index contributed by atoms with van der Waals surface area (Å²) in [5.41, 5.74) is -1.84. The number of likely N-dealkylation sites (tertiary alicyclic amines) is 1. The van der Waals surface area contributed by atoms with Crippen molar-refractivity contribution < 1.29 is 27.5 Å². The minimum absolute atomic E-state index is 0.137. The monoisotopic (exact) mass is 355 g/mol. The maximum Gasteiger partial charge on any atom is 0.416 e. The first-order valence-corrected chi connectivity index (χ1v) is 7.85. The summed E-state index contributed by atoms with van der Waals surface area (Å²) in [5.74, 6) is -3.88. The van der Waals surface area contributed by atoms with E-state index in [1.165, 1.54) is 16.8 Å². The molecular weight excluding hydrogens is 339 g/mol. The molecule has 2 aliphatic heterocycles. The van der Waals surface area contributed by atoms with Crippen molar-refractivity contribution in [2.45, 2.75) is 23.9 Å². The second kappa shape index (κ2) is 5.10. The van der Waals surface area contributed by atoms with Crippen LogP contribution in [0.1, 0.15) is 0 Å². The van der Waals surface area contributed by atoms with Crippen LogP contribution in [0.2, 0.25) is 0 Å². The lowest BCUT2D eigenvalue weighted by Gasteiger charge is -2.32. The molecule has 1 saturated carbocycles. The van der Waals surface area contributed by atoms with Crippen molar-refractivity contribution in [1.82, 2.24) is 9.80 Å². The predicted octanol–water partition coefficient (Wildman–Crippen LogP) is 1.47. The summed E-state index contributed by atoms with van der Waals surface area (Å²) in [6.07, 6.45) is -1.41. The van der Waals surface area contributed by atoms with Gasteiger partial charge in [-0.25, -0.2) is 18.0 Å². The number of anilines is 1. The predicted molar refractivity (Wildman–Crippen MR) is 81.0 cm³/mol. The van der Waals surface area contributed by atoms with E-state index in [0.29, 0.717) is 5.69 Å². The van der Waals surface area contributed by atoms with Crippen molar-refractivity contribution in [3.05, 3.63) is 30.3 Å². The number of hydrogen-bond donors (Lipinski definition) is 0. The Bertz CT molecular complexity index is 722. The van der Waals surface area contributed by atoms with Crippen molar-refractivity contribution in [2.24, 2.45) is 0 Å². The van der Waals surface area contributed by atoms with Crippen molar-refractivity contribution >= 4 is 17.7 Å². The number of carbonyl (C=O) groups is 2. The van der Waals surface area contributed by atoms with Gasteiger partial charge in [-0.3, -0.25) is 14.6 Å². The Labute approximate surface area is 141 Å². The molecule has 25 heavy (non-hydrogen) atoms. The first kappa shape index (κ1) is 16.2. The minimum atomic E-state index is -3.38. The van der Waals surface area contributed by atoms with Gasteiger partial charge in [-0.1, -0.05) is 18.2 Å². The van der Waals surface area contributed by atoms with E-state index in [4.69, 9.17) is 4.74 Å². The van der Waals surface area contributed by atoms with Crippen LogP contribution in [-0.4, -0.2) is 72.3 Å². The van der Waals surface area contributed by atoms with Gasteiger partial charge >= 0.3 is 12.0 Å².